The molecule has 2 aromatic heterocycles. The number of hydrogen-bond acceptors (Lipinski definition) is 3. The van der Waals surface area contributed by atoms with Crippen LogP contribution in [0.15, 0.2) is 30.5 Å². The Morgan fingerprint density at radius 3 is 2.55 bits per heavy atom. The van der Waals surface area contributed by atoms with Crippen LogP contribution in [-0.4, -0.2) is 4.98 Å². The summed E-state index contributed by atoms with van der Waals surface area (Å²) < 4.78 is 1.39. The van der Waals surface area contributed by atoms with Gasteiger partial charge < -0.3 is 5.32 Å². The van der Waals surface area contributed by atoms with Gasteiger partial charge in [-0.25, -0.2) is 4.98 Å². The van der Waals surface area contributed by atoms with E-state index in [1.54, 1.807) is 0 Å². The molecule has 2 heterocycles. The van der Waals surface area contributed by atoms with Crippen molar-refractivity contribution < 1.29 is 0 Å². The molecule has 1 aromatic carbocycles. The highest BCUT2D eigenvalue weighted by Crippen LogP contribution is 2.38. The lowest BCUT2D eigenvalue weighted by Crippen LogP contribution is -1.96. The fourth-order valence-corrected chi connectivity index (χ4v) is 3.83. The number of nitrogens with zero attached hydrogens (tertiary/aromatic N) is 1. The van der Waals surface area contributed by atoms with Gasteiger partial charge in [-0.2, -0.15) is 0 Å². The van der Waals surface area contributed by atoms with Gasteiger partial charge in [0.15, 0.2) is 0 Å². The molecule has 0 saturated carbocycles. The third-order valence-electron chi connectivity index (χ3n) is 3.81. The molecule has 0 unspecified atom stereocenters. The van der Waals surface area contributed by atoms with Crippen LogP contribution in [0.5, 0.6) is 0 Å². The molecule has 0 atom stereocenters. The second-order valence-corrected chi connectivity index (χ2v) is 6.42. The van der Waals surface area contributed by atoms with Crippen molar-refractivity contribution in [3.63, 3.8) is 0 Å². The Morgan fingerprint density at radius 1 is 1.05 bits per heavy atom. The van der Waals surface area contributed by atoms with Crippen LogP contribution in [-0.2, 0) is 0 Å². The summed E-state index contributed by atoms with van der Waals surface area (Å²) in [6.07, 6.45) is 1.81. The highest BCUT2D eigenvalue weighted by Gasteiger charge is 2.13. The van der Waals surface area contributed by atoms with Gasteiger partial charge in [0.1, 0.15) is 5.82 Å². The molecule has 3 aromatic rings. The largest absolute Gasteiger partial charge is 0.340 e. The second-order valence-electron chi connectivity index (χ2n) is 5.19. The van der Waals surface area contributed by atoms with E-state index in [-0.39, 0.29) is 0 Å². The monoisotopic (exact) mass is 282 g/mol. The second kappa shape index (κ2) is 4.91. The van der Waals surface area contributed by atoms with Crippen LogP contribution < -0.4 is 5.32 Å². The van der Waals surface area contributed by atoms with Crippen molar-refractivity contribution in [2.75, 3.05) is 5.32 Å². The maximum atomic E-state index is 4.34. The predicted molar refractivity (Wildman–Crippen MR) is 88.3 cm³/mol. The van der Waals surface area contributed by atoms with Gasteiger partial charge >= 0.3 is 0 Å². The lowest BCUT2D eigenvalue weighted by Gasteiger charge is -2.12. The van der Waals surface area contributed by atoms with Gasteiger partial charge in [-0.3, -0.25) is 0 Å². The lowest BCUT2D eigenvalue weighted by atomic mass is 10.0. The molecule has 0 spiro atoms. The molecule has 0 aliphatic carbocycles. The Hall–Kier alpha value is -1.87. The molecule has 102 valence electrons. The summed E-state index contributed by atoms with van der Waals surface area (Å²) >= 11 is 1.88. The molecule has 3 heteroatoms. The first-order valence-electron chi connectivity index (χ1n) is 6.76. The fourth-order valence-electron chi connectivity index (χ4n) is 2.59. The quantitative estimate of drug-likeness (QED) is 0.692. The van der Waals surface area contributed by atoms with E-state index in [0.717, 1.165) is 11.5 Å². The summed E-state index contributed by atoms with van der Waals surface area (Å²) in [6, 6.07) is 8.14. The Bertz CT molecular complexity index is 773. The normalized spacial score (nSPS) is 11.0. The molecule has 2 nitrogen and oxygen atoms in total. The molecule has 0 radical (unpaired) electrons. The van der Waals surface area contributed by atoms with Crippen LogP contribution in [0.25, 0.3) is 10.1 Å². The number of thiophene rings is 1. The molecule has 0 saturated heterocycles. The Labute approximate surface area is 123 Å². The predicted octanol–water partition coefficient (Wildman–Crippen LogP) is 5.27. The zero-order valence-corrected chi connectivity index (χ0v) is 13.1. The molecule has 0 bridgehead atoms. The first-order chi connectivity index (χ1) is 9.58. The molecule has 0 fully saturated rings. The Morgan fingerprint density at radius 2 is 1.85 bits per heavy atom. The standard InChI is InChI=1S/C17H18N2S/c1-10-9-14(19-15-7-5-6-8-18-15)12(3)17-16(10)11(2)13(4)20-17/h5-9H,1-4H3,(H,18,19). The molecule has 0 amide bonds. The number of anilines is 2. The number of rotatable bonds is 2. The van der Waals surface area contributed by atoms with Crippen LogP contribution in [0.3, 0.4) is 0 Å². The minimum absolute atomic E-state index is 0.888. The maximum Gasteiger partial charge on any atom is 0.130 e. The number of aromatic nitrogens is 1. The average molecular weight is 282 g/mol. The molecule has 0 aliphatic rings. The lowest BCUT2D eigenvalue weighted by molar-refractivity contribution is 1.30. The van der Waals surface area contributed by atoms with Crippen molar-refractivity contribution in [2.24, 2.45) is 0 Å². The number of hydrogen-bond donors (Lipinski definition) is 1. The van der Waals surface area contributed by atoms with Crippen molar-refractivity contribution in [3.05, 3.63) is 52.0 Å². The van der Waals surface area contributed by atoms with Gasteiger partial charge in [0.2, 0.25) is 0 Å². The van der Waals surface area contributed by atoms with E-state index in [1.165, 1.54) is 31.7 Å². The van der Waals surface area contributed by atoms with Crippen LogP contribution in [0.2, 0.25) is 0 Å². The first kappa shape index (κ1) is 13.1. The summed E-state index contributed by atoms with van der Waals surface area (Å²) in [5.74, 6) is 0.888. The van der Waals surface area contributed by atoms with E-state index in [9.17, 15) is 0 Å². The van der Waals surface area contributed by atoms with Crippen molar-refractivity contribution in [1.82, 2.24) is 4.98 Å². The zero-order valence-electron chi connectivity index (χ0n) is 12.2. The van der Waals surface area contributed by atoms with Crippen LogP contribution in [0.4, 0.5) is 11.5 Å². The summed E-state index contributed by atoms with van der Waals surface area (Å²) in [7, 11) is 0. The maximum absolute atomic E-state index is 4.34. The number of fused-ring (bicyclic) bond motifs is 1. The fraction of sp³-hybridized carbons (Fsp3) is 0.235. The van der Waals surface area contributed by atoms with Gasteiger partial charge in [-0.05, 0) is 68.0 Å². The molecular formula is C17H18N2S. The third-order valence-corrected chi connectivity index (χ3v) is 5.14. The summed E-state index contributed by atoms with van der Waals surface area (Å²) in [6.45, 7) is 8.78. The van der Waals surface area contributed by atoms with Crippen molar-refractivity contribution in [3.8, 4) is 0 Å². The smallest absolute Gasteiger partial charge is 0.130 e. The van der Waals surface area contributed by atoms with Gasteiger partial charge in [-0.1, -0.05) is 6.07 Å². The Balaban J connectivity index is 2.16. The van der Waals surface area contributed by atoms with Crippen molar-refractivity contribution in [1.29, 1.82) is 0 Å². The van der Waals surface area contributed by atoms with Crippen molar-refractivity contribution in [2.45, 2.75) is 27.7 Å². The minimum atomic E-state index is 0.888. The number of pyridine rings is 1. The van der Waals surface area contributed by atoms with Crippen LogP contribution in [0.1, 0.15) is 21.6 Å². The Kier molecular flexibility index (Phi) is 3.22. The van der Waals surface area contributed by atoms with E-state index in [1.807, 2.05) is 35.7 Å². The molecule has 20 heavy (non-hydrogen) atoms. The van der Waals surface area contributed by atoms with Crippen LogP contribution in [0, 0.1) is 27.7 Å². The number of aryl methyl sites for hydroxylation is 4. The first-order valence-corrected chi connectivity index (χ1v) is 7.57. The van der Waals surface area contributed by atoms with E-state index in [2.05, 4.69) is 44.1 Å². The minimum Gasteiger partial charge on any atom is -0.340 e. The highest BCUT2D eigenvalue weighted by atomic mass is 32.1. The molecule has 0 aliphatic heterocycles. The zero-order chi connectivity index (χ0) is 14.3. The van der Waals surface area contributed by atoms with E-state index >= 15 is 0 Å². The van der Waals surface area contributed by atoms with Gasteiger partial charge in [0, 0.05) is 21.5 Å². The summed E-state index contributed by atoms with van der Waals surface area (Å²) in [5, 5.41) is 4.84. The SMILES string of the molecule is Cc1sc2c(C)c(Nc3ccccn3)cc(C)c2c1C. The topological polar surface area (TPSA) is 24.9 Å². The van der Waals surface area contributed by atoms with Gasteiger partial charge in [0.05, 0.1) is 0 Å². The highest BCUT2D eigenvalue weighted by molar-refractivity contribution is 7.19. The van der Waals surface area contributed by atoms with E-state index in [0.29, 0.717) is 0 Å². The molecule has 3 rings (SSSR count). The van der Waals surface area contributed by atoms with Crippen molar-refractivity contribution >= 4 is 32.9 Å². The van der Waals surface area contributed by atoms with E-state index in [4.69, 9.17) is 0 Å². The van der Waals surface area contributed by atoms with Gasteiger partial charge in [-0.15, -0.1) is 11.3 Å². The van der Waals surface area contributed by atoms with Crippen LogP contribution >= 0.6 is 11.3 Å². The summed E-state index contributed by atoms with van der Waals surface area (Å²) in [4.78, 5) is 5.74. The van der Waals surface area contributed by atoms with Gasteiger partial charge in [0.25, 0.3) is 0 Å². The number of nitrogens with one attached hydrogen (secondary N) is 1. The molecular weight excluding hydrogens is 264 g/mol. The van der Waals surface area contributed by atoms with E-state index < -0.39 is 0 Å². The average Bonchev–Trinajstić information content (AvgIpc) is 2.74. The third kappa shape index (κ3) is 2.08. The summed E-state index contributed by atoms with van der Waals surface area (Å²) in [5.41, 5.74) is 5.19. The molecule has 1 N–H and O–H groups in total. The number of benzene rings is 1.